The standard InChI is InChI=1S/C23H38N4O/c1-4-24-23(25-16-19-14-17(2)22(28)18(3)15-19)26-20-10-12-27(13-11-20)21-8-6-5-7-9-21/h14-15,20-21,28H,4-13,16H2,1-3H3,(H2,24,25,26). The van der Waals surface area contributed by atoms with Crippen molar-refractivity contribution in [1.29, 1.82) is 0 Å². The molecule has 0 aromatic heterocycles. The topological polar surface area (TPSA) is 59.9 Å². The molecule has 1 saturated heterocycles. The number of nitrogens with zero attached hydrogens (tertiary/aromatic N) is 2. The number of hydrogen-bond acceptors (Lipinski definition) is 3. The first-order valence-electron chi connectivity index (χ1n) is 11.1. The van der Waals surface area contributed by atoms with E-state index in [4.69, 9.17) is 4.99 Å². The van der Waals surface area contributed by atoms with Gasteiger partial charge in [0.2, 0.25) is 0 Å². The van der Waals surface area contributed by atoms with Crippen LogP contribution in [0.15, 0.2) is 17.1 Å². The summed E-state index contributed by atoms with van der Waals surface area (Å²) in [5.41, 5.74) is 2.97. The molecule has 0 radical (unpaired) electrons. The van der Waals surface area contributed by atoms with E-state index in [-0.39, 0.29) is 0 Å². The monoisotopic (exact) mass is 386 g/mol. The molecule has 28 heavy (non-hydrogen) atoms. The Balaban J connectivity index is 1.53. The van der Waals surface area contributed by atoms with E-state index in [2.05, 4.69) is 22.5 Å². The van der Waals surface area contributed by atoms with Crippen LogP contribution in [-0.4, -0.2) is 47.7 Å². The Labute approximate surface area is 170 Å². The SMILES string of the molecule is CCNC(=NCc1cc(C)c(O)c(C)c1)NC1CCN(C2CCCCC2)CC1. The van der Waals surface area contributed by atoms with E-state index in [0.717, 1.165) is 35.2 Å². The highest BCUT2D eigenvalue weighted by Crippen LogP contribution is 2.25. The van der Waals surface area contributed by atoms with Gasteiger partial charge < -0.3 is 20.6 Å². The van der Waals surface area contributed by atoms with Crippen LogP contribution in [0.2, 0.25) is 0 Å². The second kappa shape index (κ2) is 10.1. The predicted octanol–water partition coefficient (Wildman–Crippen LogP) is 3.86. The zero-order valence-corrected chi connectivity index (χ0v) is 17.9. The lowest BCUT2D eigenvalue weighted by molar-refractivity contribution is 0.119. The fourth-order valence-corrected chi connectivity index (χ4v) is 4.68. The van der Waals surface area contributed by atoms with Crippen molar-refractivity contribution in [3.63, 3.8) is 0 Å². The molecule has 1 aliphatic heterocycles. The summed E-state index contributed by atoms with van der Waals surface area (Å²) in [5.74, 6) is 1.30. The van der Waals surface area contributed by atoms with Crippen LogP contribution in [0.4, 0.5) is 0 Å². The van der Waals surface area contributed by atoms with Crippen LogP contribution in [0.3, 0.4) is 0 Å². The number of hydrogen-bond donors (Lipinski definition) is 3. The normalized spacial score (nSPS) is 20.3. The van der Waals surface area contributed by atoms with Crippen molar-refractivity contribution in [2.24, 2.45) is 4.99 Å². The molecule has 0 bridgehead atoms. The number of rotatable bonds is 5. The Kier molecular flexibility index (Phi) is 7.60. The number of aromatic hydroxyl groups is 1. The molecule has 0 atom stereocenters. The molecule has 1 aromatic rings. The Morgan fingerprint density at radius 2 is 1.71 bits per heavy atom. The van der Waals surface area contributed by atoms with Crippen molar-refractivity contribution in [1.82, 2.24) is 15.5 Å². The summed E-state index contributed by atoms with van der Waals surface area (Å²) in [6, 6.07) is 5.38. The molecule has 5 nitrogen and oxygen atoms in total. The number of phenols is 1. The molecule has 3 rings (SSSR count). The van der Waals surface area contributed by atoms with E-state index in [1.807, 2.05) is 26.0 Å². The molecule has 156 valence electrons. The molecule has 3 N–H and O–H groups in total. The molecular weight excluding hydrogens is 348 g/mol. The van der Waals surface area contributed by atoms with Crippen molar-refractivity contribution >= 4 is 5.96 Å². The molecule has 0 unspecified atom stereocenters. The van der Waals surface area contributed by atoms with Gasteiger partial charge in [0.25, 0.3) is 0 Å². The molecule has 1 aliphatic carbocycles. The Morgan fingerprint density at radius 1 is 1.07 bits per heavy atom. The third-order valence-corrected chi connectivity index (χ3v) is 6.28. The van der Waals surface area contributed by atoms with Gasteiger partial charge in [0.1, 0.15) is 5.75 Å². The highest BCUT2D eigenvalue weighted by atomic mass is 16.3. The van der Waals surface area contributed by atoms with Gasteiger partial charge in [0, 0.05) is 31.7 Å². The van der Waals surface area contributed by atoms with Gasteiger partial charge in [-0.2, -0.15) is 0 Å². The zero-order chi connectivity index (χ0) is 19.9. The molecule has 5 heteroatoms. The van der Waals surface area contributed by atoms with Gasteiger partial charge in [-0.05, 0) is 63.1 Å². The number of aryl methyl sites for hydroxylation is 2. The minimum Gasteiger partial charge on any atom is -0.507 e. The third kappa shape index (κ3) is 5.63. The van der Waals surface area contributed by atoms with Crippen LogP contribution in [0, 0.1) is 13.8 Å². The first-order valence-corrected chi connectivity index (χ1v) is 11.1. The maximum atomic E-state index is 9.96. The zero-order valence-electron chi connectivity index (χ0n) is 17.9. The second-order valence-electron chi connectivity index (χ2n) is 8.52. The number of nitrogens with one attached hydrogen (secondary N) is 2. The highest BCUT2D eigenvalue weighted by molar-refractivity contribution is 5.80. The summed E-state index contributed by atoms with van der Waals surface area (Å²) in [6.45, 7) is 9.89. The number of phenolic OH excluding ortho intramolecular Hbond substituents is 1. The number of likely N-dealkylation sites (tertiary alicyclic amines) is 1. The molecule has 1 saturated carbocycles. The van der Waals surface area contributed by atoms with Crippen LogP contribution in [0.5, 0.6) is 5.75 Å². The number of piperidine rings is 1. The van der Waals surface area contributed by atoms with Crippen molar-refractivity contribution in [3.8, 4) is 5.75 Å². The smallest absolute Gasteiger partial charge is 0.191 e. The summed E-state index contributed by atoms with van der Waals surface area (Å²) in [4.78, 5) is 7.52. The van der Waals surface area contributed by atoms with Crippen molar-refractivity contribution < 1.29 is 5.11 Å². The van der Waals surface area contributed by atoms with Gasteiger partial charge in [-0.1, -0.05) is 31.4 Å². The number of benzene rings is 1. The maximum absolute atomic E-state index is 9.96. The second-order valence-corrected chi connectivity index (χ2v) is 8.52. The minimum atomic E-state index is 0.391. The molecule has 0 amide bonds. The summed E-state index contributed by atoms with van der Waals surface area (Å²) in [7, 11) is 0. The minimum absolute atomic E-state index is 0.391. The van der Waals surface area contributed by atoms with Crippen LogP contribution in [0.1, 0.15) is 68.6 Å². The van der Waals surface area contributed by atoms with Gasteiger partial charge in [0.15, 0.2) is 5.96 Å². The average Bonchev–Trinajstić information content (AvgIpc) is 2.71. The van der Waals surface area contributed by atoms with Crippen molar-refractivity contribution in [3.05, 3.63) is 28.8 Å². The highest BCUT2D eigenvalue weighted by Gasteiger charge is 2.26. The lowest BCUT2D eigenvalue weighted by atomic mass is 9.92. The van der Waals surface area contributed by atoms with Gasteiger partial charge in [-0.25, -0.2) is 4.99 Å². The van der Waals surface area contributed by atoms with Gasteiger partial charge in [-0.3, -0.25) is 0 Å². The van der Waals surface area contributed by atoms with E-state index in [9.17, 15) is 5.11 Å². The molecule has 2 fully saturated rings. The summed E-state index contributed by atoms with van der Waals surface area (Å²) >= 11 is 0. The van der Waals surface area contributed by atoms with Crippen molar-refractivity contribution in [2.45, 2.75) is 84.3 Å². The van der Waals surface area contributed by atoms with Crippen LogP contribution in [0.25, 0.3) is 0 Å². The summed E-state index contributed by atoms with van der Waals surface area (Å²) in [6.07, 6.45) is 9.43. The average molecular weight is 387 g/mol. The molecule has 1 aromatic carbocycles. The number of guanidine groups is 1. The molecular formula is C23H38N4O. The van der Waals surface area contributed by atoms with Gasteiger partial charge in [0.05, 0.1) is 6.54 Å². The molecule has 1 heterocycles. The van der Waals surface area contributed by atoms with E-state index in [0.29, 0.717) is 18.3 Å². The largest absolute Gasteiger partial charge is 0.507 e. The Morgan fingerprint density at radius 3 is 2.32 bits per heavy atom. The summed E-state index contributed by atoms with van der Waals surface area (Å²) in [5, 5.41) is 17.0. The van der Waals surface area contributed by atoms with E-state index in [1.54, 1.807) is 0 Å². The fourth-order valence-electron chi connectivity index (χ4n) is 4.68. The third-order valence-electron chi connectivity index (χ3n) is 6.28. The Bertz CT molecular complexity index is 636. The lowest BCUT2D eigenvalue weighted by Crippen LogP contribution is -2.50. The first-order chi connectivity index (χ1) is 13.6. The Hall–Kier alpha value is -1.75. The predicted molar refractivity (Wildman–Crippen MR) is 117 cm³/mol. The molecule has 0 spiro atoms. The van der Waals surface area contributed by atoms with Gasteiger partial charge >= 0.3 is 0 Å². The first kappa shape index (κ1) is 21.0. The van der Waals surface area contributed by atoms with E-state index >= 15 is 0 Å². The van der Waals surface area contributed by atoms with Gasteiger partial charge in [-0.15, -0.1) is 0 Å². The van der Waals surface area contributed by atoms with E-state index < -0.39 is 0 Å². The maximum Gasteiger partial charge on any atom is 0.191 e. The van der Waals surface area contributed by atoms with E-state index in [1.165, 1.54) is 58.0 Å². The van der Waals surface area contributed by atoms with Crippen molar-refractivity contribution in [2.75, 3.05) is 19.6 Å². The number of aliphatic imine (C=N–C) groups is 1. The quantitative estimate of drug-likeness (QED) is 0.531. The molecule has 2 aliphatic rings. The fraction of sp³-hybridized carbons (Fsp3) is 0.696. The van der Waals surface area contributed by atoms with Crippen LogP contribution in [-0.2, 0) is 6.54 Å². The lowest BCUT2D eigenvalue weighted by Gasteiger charge is -2.39. The summed E-state index contributed by atoms with van der Waals surface area (Å²) < 4.78 is 0. The van der Waals surface area contributed by atoms with Crippen LogP contribution >= 0.6 is 0 Å². The van der Waals surface area contributed by atoms with Crippen LogP contribution < -0.4 is 10.6 Å².